The van der Waals surface area contributed by atoms with Gasteiger partial charge in [-0.3, -0.25) is 19.5 Å². The lowest BCUT2D eigenvalue weighted by Crippen LogP contribution is -2.39. The number of carbonyl (C=O) groups is 1. The van der Waals surface area contributed by atoms with Crippen LogP contribution in [0.5, 0.6) is 0 Å². The first kappa shape index (κ1) is 21.8. The number of rotatable bonds is 4. The van der Waals surface area contributed by atoms with Gasteiger partial charge in [0, 0.05) is 16.6 Å². The third-order valence-corrected chi connectivity index (χ3v) is 6.50. The van der Waals surface area contributed by atoms with E-state index < -0.39 is 16.9 Å². The van der Waals surface area contributed by atoms with Crippen molar-refractivity contribution in [2.45, 2.75) is 13.0 Å². The summed E-state index contributed by atoms with van der Waals surface area (Å²) >= 11 is 4.58. The second-order valence-corrected chi connectivity index (χ2v) is 8.90. The number of fused-ring (bicyclic) bond motifs is 1. The monoisotopic (exact) mass is 513 g/mol. The fourth-order valence-electron chi connectivity index (χ4n) is 3.53. The largest absolute Gasteiger partial charge is 0.466 e. The highest BCUT2D eigenvalue weighted by Gasteiger charge is 2.33. The van der Waals surface area contributed by atoms with Crippen LogP contribution in [0.3, 0.4) is 0 Å². The van der Waals surface area contributed by atoms with Crippen LogP contribution < -0.4 is 14.9 Å². The smallest absolute Gasteiger partial charge is 0.338 e. The summed E-state index contributed by atoms with van der Waals surface area (Å²) < 4.78 is 7.69. The zero-order valence-electron chi connectivity index (χ0n) is 16.9. The Bertz CT molecular complexity index is 1450. The molecule has 32 heavy (non-hydrogen) atoms. The van der Waals surface area contributed by atoms with Crippen LogP contribution in [0.2, 0.25) is 0 Å². The Morgan fingerprint density at radius 1 is 1.28 bits per heavy atom. The molecule has 162 valence electrons. The highest BCUT2D eigenvalue weighted by Crippen LogP contribution is 2.32. The number of hydrogen-bond donors (Lipinski definition) is 0. The standard InChI is InChI=1S/C22H16BrN3O5S/c1-12-18(21(28)31-2)19(14-4-3-5-16(11-14)26(29)30)25-20(27)17(32-22(25)24-12)10-13-6-8-15(23)9-7-13/h3-11,19H,1-2H3. The van der Waals surface area contributed by atoms with E-state index in [0.717, 1.165) is 10.0 Å². The van der Waals surface area contributed by atoms with Gasteiger partial charge < -0.3 is 4.74 Å². The average Bonchev–Trinajstić information content (AvgIpc) is 3.08. The molecular weight excluding hydrogens is 498 g/mol. The summed E-state index contributed by atoms with van der Waals surface area (Å²) in [6, 6.07) is 12.5. The third-order valence-electron chi connectivity index (χ3n) is 4.99. The number of allylic oxidation sites excluding steroid dienone is 1. The Labute approximate surface area is 194 Å². The highest BCUT2D eigenvalue weighted by molar-refractivity contribution is 9.10. The molecule has 0 bridgehead atoms. The Balaban J connectivity index is 1.98. The molecule has 0 saturated heterocycles. The summed E-state index contributed by atoms with van der Waals surface area (Å²) in [5.74, 6) is -0.648. The maximum absolute atomic E-state index is 13.4. The Kier molecular flexibility index (Phi) is 5.90. The van der Waals surface area contributed by atoms with Gasteiger partial charge in [0.15, 0.2) is 4.80 Å². The number of thiazole rings is 1. The molecule has 2 heterocycles. The maximum Gasteiger partial charge on any atom is 0.338 e. The topological polar surface area (TPSA) is 104 Å². The van der Waals surface area contributed by atoms with Crippen molar-refractivity contribution in [3.05, 3.63) is 105 Å². The van der Waals surface area contributed by atoms with Gasteiger partial charge in [-0.1, -0.05) is 51.5 Å². The van der Waals surface area contributed by atoms with Gasteiger partial charge in [0.05, 0.1) is 33.9 Å². The Morgan fingerprint density at radius 3 is 2.66 bits per heavy atom. The van der Waals surface area contributed by atoms with Gasteiger partial charge in [0.1, 0.15) is 0 Å². The molecule has 1 aliphatic rings. The number of esters is 1. The molecule has 2 aromatic carbocycles. The summed E-state index contributed by atoms with van der Waals surface area (Å²) in [7, 11) is 1.24. The summed E-state index contributed by atoms with van der Waals surface area (Å²) in [4.78, 5) is 41.7. The third kappa shape index (κ3) is 3.94. The molecule has 0 saturated carbocycles. The summed E-state index contributed by atoms with van der Waals surface area (Å²) in [5.41, 5.74) is 1.32. The van der Waals surface area contributed by atoms with Crippen molar-refractivity contribution >= 4 is 45.0 Å². The number of methoxy groups -OCH3 is 1. The van der Waals surface area contributed by atoms with E-state index >= 15 is 0 Å². The normalized spacial score (nSPS) is 15.8. The quantitative estimate of drug-likeness (QED) is 0.303. The van der Waals surface area contributed by atoms with Crippen molar-refractivity contribution in [1.82, 2.24) is 4.57 Å². The maximum atomic E-state index is 13.4. The second kappa shape index (κ2) is 8.64. The lowest BCUT2D eigenvalue weighted by Gasteiger charge is -2.24. The van der Waals surface area contributed by atoms with Gasteiger partial charge in [-0.15, -0.1) is 0 Å². The minimum Gasteiger partial charge on any atom is -0.466 e. The van der Waals surface area contributed by atoms with Gasteiger partial charge in [-0.25, -0.2) is 9.79 Å². The number of nitrogens with zero attached hydrogens (tertiary/aromatic N) is 3. The fraction of sp³-hybridized carbons (Fsp3) is 0.136. The molecule has 1 atom stereocenters. The van der Waals surface area contributed by atoms with Crippen LogP contribution in [0, 0.1) is 10.1 Å². The SMILES string of the molecule is COC(=O)C1=C(C)N=c2sc(=Cc3ccc(Br)cc3)c(=O)n2C1c1cccc([N+](=O)[O-])c1. The van der Waals surface area contributed by atoms with Crippen molar-refractivity contribution < 1.29 is 14.5 Å². The van der Waals surface area contributed by atoms with Crippen molar-refractivity contribution in [3.63, 3.8) is 0 Å². The minimum atomic E-state index is -0.898. The Hall–Kier alpha value is -3.37. The van der Waals surface area contributed by atoms with Crippen molar-refractivity contribution in [2.24, 2.45) is 4.99 Å². The first-order chi connectivity index (χ1) is 15.3. The molecule has 1 aromatic heterocycles. The number of nitro groups is 1. The van der Waals surface area contributed by atoms with Crippen LogP contribution in [-0.4, -0.2) is 22.6 Å². The molecule has 1 aliphatic heterocycles. The van der Waals surface area contributed by atoms with Crippen LogP contribution in [0.4, 0.5) is 5.69 Å². The minimum absolute atomic E-state index is 0.140. The van der Waals surface area contributed by atoms with E-state index in [9.17, 15) is 19.7 Å². The van der Waals surface area contributed by atoms with Crippen molar-refractivity contribution in [1.29, 1.82) is 0 Å². The number of non-ortho nitro benzene ring substituents is 1. The van der Waals surface area contributed by atoms with Crippen LogP contribution in [0.25, 0.3) is 6.08 Å². The van der Waals surface area contributed by atoms with E-state index in [0.29, 0.717) is 20.6 Å². The molecule has 0 fully saturated rings. The zero-order valence-corrected chi connectivity index (χ0v) is 19.3. The van der Waals surface area contributed by atoms with E-state index in [4.69, 9.17) is 4.74 Å². The molecule has 0 spiro atoms. The van der Waals surface area contributed by atoms with E-state index in [1.54, 1.807) is 19.1 Å². The number of halogens is 1. The molecular formula is C22H16BrN3O5S. The Morgan fingerprint density at radius 2 is 2.00 bits per heavy atom. The summed E-state index contributed by atoms with van der Waals surface area (Å²) in [6.45, 7) is 1.66. The van der Waals surface area contributed by atoms with Gasteiger partial charge in [0.2, 0.25) is 0 Å². The van der Waals surface area contributed by atoms with E-state index in [1.807, 2.05) is 24.3 Å². The number of carbonyl (C=O) groups excluding carboxylic acids is 1. The molecule has 0 aliphatic carbocycles. The number of benzene rings is 2. The molecule has 10 heteroatoms. The van der Waals surface area contributed by atoms with Gasteiger partial charge in [-0.2, -0.15) is 0 Å². The average molecular weight is 514 g/mol. The number of aromatic nitrogens is 1. The lowest BCUT2D eigenvalue weighted by molar-refractivity contribution is -0.384. The molecule has 0 N–H and O–H groups in total. The van der Waals surface area contributed by atoms with Crippen LogP contribution in [-0.2, 0) is 9.53 Å². The second-order valence-electron chi connectivity index (χ2n) is 6.98. The van der Waals surface area contributed by atoms with E-state index in [1.165, 1.54) is 41.2 Å². The van der Waals surface area contributed by atoms with Crippen molar-refractivity contribution in [3.8, 4) is 0 Å². The molecule has 1 unspecified atom stereocenters. The number of nitro benzene ring substituents is 1. The molecule has 8 nitrogen and oxygen atoms in total. The molecule has 0 amide bonds. The lowest BCUT2D eigenvalue weighted by atomic mass is 9.95. The zero-order chi connectivity index (χ0) is 23.0. The molecule has 3 aromatic rings. The van der Waals surface area contributed by atoms with Crippen LogP contribution >= 0.6 is 27.3 Å². The summed E-state index contributed by atoms with van der Waals surface area (Å²) in [5, 5.41) is 11.3. The van der Waals surface area contributed by atoms with E-state index in [2.05, 4.69) is 20.9 Å². The van der Waals surface area contributed by atoms with Crippen LogP contribution in [0.15, 0.2) is 74.1 Å². The number of hydrogen-bond acceptors (Lipinski definition) is 7. The van der Waals surface area contributed by atoms with Gasteiger partial charge in [0.25, 0.3) is 11.2 Å². The molecule has 0 radical (unpaired) electrons. The van der Waals surface area contributed by atoms with Crippen LogP contribution in [0.1, 0.15) is 24.1 Å². The highest BCUT2D eigenvalue weighted by atomic mass is 79.9. The predicted molar refractivity (Wildman–Crippen MR) is 123 cm³/mol. The van der Waals surface area contributed by atoms with Crippen molar-refractivity contribution in [2.75, 3.05) is 7.11 Å². The fourth-order valence-corrected chi connectivity index (χ4v) is 4.84. The first-order valence-electron chi connectivity index (χ1n) is 9.41. The summed E-state index contributed by atoms with van der Waals surface area (Å²) in [6.07, 6.45) is 1.75. The van der Waals surface area contributed by atoms with Gasteiger partial charge in [-0.05, 0) is 36.3 Å². The van der Waals surface area contributed by atoms with Gasteiger partial charge >= 0.3 is 5.97 Å². The van der Waals surface area contributed by atoms with E-state index in [-0.39, 0.29) is 16.8 Å². The molecule has 4 rings (SSSR count). The predicted octanol–water partition coefficient (Wildman–Crippen LogP) is 3.08. The number of ether oxygens (including phenoxy) is 1. The first-order valence-corrected chi connectivity index (χ1v) is 11.0.